The third-order valence-electron chi connectivity index (χ3n) is 8.43. The first-order valence-corrected chi connectivity index (χ1v) is 14.1. The van der Waals surface area contributed by atoms with Gasteiger partial charge in [-0.25, -0.2) is 4.98 Å². The van der Waals surface area contributed by atoms with Crippen LogP contribution in [0.1, 0.15) is 51.1 Å². The van der Waals surface area contributed by atoms with Crippen LogP contribution >= 0.6 is 34.8 Å². The van der Waals surface area contributed by atoms with E-state index in [1.807, 2.05) is 26.0 Å². The van der Waals surface area contributed by atoms with Crippen LogP contribution in [0.2, 0.25) is 15.1 Å². The maximum Gasteiger partial charge on any atom is 0.311 e. The second-order valence-corrected chi connectivity index (χ2v) is 12.3. The van der Waals surface area contributed by atoms with Crippen LogP contribution in [-0.2, 0) is 9.53 Å². The molecular weight excluding hydrogens is 533 g/mol. The molecule has 0 unspecified atom stereocenters. The van der Waals surface area contributed by atoms with Crippen molar-refractivity contribution in [3.8, 4) is 0 Å². The molecule has 1 aromatic heterocycles. The summed E-state index contributed by atoms with van der Waals surface area (Å²) < 4.78 is 5.00. The van der Waals surface area contributed by atoms with Crippen LogP contribution in [0.4, 0.5) is 11.8 Å². The van der Waals surface area contributed by atoms with Gasteiger partial charge < -0.3 is 19.9 Å². The number of nitrogens with one attached hydrogen (secondary N) is 1. The fraction of sp³-hybridized carbons (Fsp3) is 0.593. The van der Waals surface area contributed by atoms with Crippen molar-refractivity contribution < 1.29 is 9.53 Å². The molecule has 3 aliphatic rings. The molecule has 2 atom stereocenters. The van der Waals surface area contributed by atoms with Crippen LogP contribution in [0, 0.1) is 17.3 Å². The fourth-order valence-electron chi connectivity index (χ4n) is 6.13. The summed E-state index contributed by atoms with van der Waals surface area (Å²) in [7, 11) is 1.49. The minimum atomic E-state index is -0.312. The lowest BCUT2D eigenvalue weighted by Gasteiger charge is -2.52. The number of halogens is 3. The molecule has 1 saturated carbocycles. The van der Waals surface area contributed by atoms with Crippen molar-refractivity contribution in [2.45, 2.75) is 51.6 Å². The molecule has 2 saturated heterocycles. The maximum absolute atomic E-state index is 12.1. The lowest BCUT2D eigenvalue weighted by atomic mass is 9.65. The quantitative estimate of drug-likeness (QED) is 0.406. The molecule has 0 spiro atoms. The molecule has 3 fully saturated rings. The van der Waals surface area contributed by atoms with Crippen LogP contribution in [0.15, 0.2) is 24.4 Å². The fourth-order valence-corrected chi connectivity index (χ4v) is 6.85. The Labute approximate surface area is 233 Å². The number of piperidine rings is 1. The van der Waals surface area contributed by atoms with Crippen LogP contribution < -0.4 is 10.2 Å². The molecule has 37 heavy (non-hydrogen) atoms. The molecule has 10 heteroatoms. The number of hydrogen-bond acceptors (Lipinski definition) is 7. The molecule has 7 nitrogen and oxygen atoms in total. The number of nitrogens with zero attached hydrogens (tertiary/aromatic N) is 4. The predicted octanol–water partition coefficient (Wildman–Crippen LogP) is 6.10. The highest BCUT2D eigenvalue weighted by molar-refractivity contribution is 6.35. The number of ether oxygens (including phenoxy) is 1. The van der Waals surface area contributed by atoms with E-state index >= 15 is 0 Å². The molecule has 1 N–H and O–H groups in total. The first kappa shape index (κ1) is 26.8. The van der Waals surface area contributed by atoms with E-state index in [1.54, 1.807) is 12.3 Å². The summed E-state index contributed by atoms with van der Waals surface area (Å²) in [6, 6.07) is 5.86. The van der Waals surface area contributed by atoms with Crippen LogP contribution in [0.3, 0.4) is 0 Å². The Kier molecular flexibility index (Phi) is 7.79. The van der Waals surface area contributed by atoms with Gasteiger partial charge in [0, 0.05) is 35.7 Å². The zero-order chi connectivity index (χ0) is 26.3. The van der Waals surface area contributed by atoms with E-state index in [9.17, 15) is 4.79 Å². The Morgan fingerprint density at radius 1 is 1.16 bits per heavy atom. The molecule has 5 rings (SSSR count). The summed E-state index contributed by atoms with van der Waals surface area (Å²) in [4.78, 5) is 26.1. The van der Waals surface area contributed by atoms with Gasteiger partial charge in [0.2, 0.25) is 5.95 Å². The van der Waals surface area contributed by atoms with Gasteiger partial charge in [0.25, 0.3) is 0 Å². The third-order valence-corrected chi connectivity index (χ3v) is 9.27. The molecule has 0 amide bonds. The normalized spacial score (nSPS) is 27.2. The van der Waals surface area contributed by atoms with Gasteiger partial charge in [0.1, 0.15) is 5.02 Å². The van der Waals surface area contributed by atoms with Crippen molar-refractivity contribution >= 4 is 52.5 Å². The van der Waals surface area contributed by atoms with Gasteiger partial charge in [-0.2, -0.15) is 4.98 Å². The van der Waals surface area contributed by atoms with E-state index in [1.165, 1.54) is 20.0 Å². The minimum absolute atomic E-state index is 0.0746. The number of carbonyl (C=O) groups is 1. The number of benzene rings is 1. The highest BCUT2D eigenvalue weighted by atomic mass is 35.5. The summed E-state index contributed by atoms with van der Waals surface area (Å²) in [5, 5.41) is 5.05. The summed E-state index contributed by atoms with van der Waals surface area (Å²) >= 11 is 18.9. The molecule has 2 aliphatic heterocycles. The van der Waals surface area contributed by atoms with Crippen LogP contribution in [0.5, 0.6) is 0 Å². The third kappa shape index (κ3) is 5.51. The Bertz CT molecular complexity index is 1150. The average Bonchev–Trinajstić information content (AvgIpc) is 2.82. The number of hydrogen-bond donors (Lipinski definition) is 1. The second-order valence-electron chi connectivity index (χ2n) is 11.1. The monoisotopic (exact) mass is 565 g/mol. The summed E-state index contributed by atoms with van der Waals surface area (Å²) in [6.45, 7) is 8.16. The molecule has 0 bridgehead atoms. The van der Waals surface area contributed by atoms with E-state index in [4.69, 9.17) is 44.5 Å². The molecule has 200 valence electrons. The van der Waals surface area contributed by atoms with Gasteiger partial charge in [0.05, 0.1) is 24.8 Å². The highest BCUT2D eigenvalue weighted by Crippen LogP contribution is 2.46. The standard InChI is InChI=1S/C27H34Cl3N5O2/c1-16(21-7-6-19(28)9-22(21)29)32-24-23(30)12-31-26(33-24)35-14-18(15-35)17-5-4-8-34(13-17)20-10-27(2,11-20)25(36)37-3/h6-7,9,12,16-18,20H,4-5,8,10-11,13-15H2,1-3H3,(H,31,32,33)/t16-,17+,20?,27?/m1/s1. The van der Waals surface area contributed by atoms with Gasteiger partial charge in [-0.3, -0.25) is 4.79 Å². The number of aromatic nitrogens is 2. The van der Waals surface area contributed by atoms with E-state index in [2.05, 4.69) is 20.1 Å². The molecule has 1 aromatic carbocycles. The number of carbonyl (C=O) groups excluding carboxylic acids is 1. The Morgan fingerprint density at radius 2 is 1.92 bits per heavy atom. The average molecular weight is 567 g/mol. The Morgan fingerprint density at radius 3 is 2.62 bits per heavy atom. The van der Waals surface area contributed by atoms with E-state index < -0.39 is 0 Å². The molecule has 2 aromatic rings. The largest absolute Gasteiger partial charge is 0.469 e. The minimum Gasteiger partial charge on any atom is -0.469 e. The van der Waals surface area contributed by atoms with E-state index in [0.29, 0.717) is 44.7 Å². The zero-order valence-electron chi connectivity index (χ0n) is 21.5. The van der Waals surface area contributed by atoms with E-state index in [0.717, 1.165) is 44.6 Å². The Balaban J connectivity index is 1.16. The second kappa shape index (κ2) is 10.8. The summed E-state index contributed by atoms with van der Waals surface area (Å²) in [5.74, 6) is 2.49. The van der Waals surface area contributed by atoms with Gasteiger partial charge in [-0.15, -0.1) is 0 Å². The highest BCUT2D eigenvalue weighted by Gasteiger charge is 2.50. The first-order valence-electron chi connectivity index (χ1n) is 13.0. The summed E-state index contributed by atoms with van der Waals surface area (Å²) in [5.41, 5.74) is 0.611. The summed E-state index contributed by atoms with van der Waals surface area (Å²) in [6.07, 6.45) is 5.92. The van der Waals surface area contributed by atoms with E-state index in [-0.39, 0.29) is 17.4 Å². The SMILES string of the molecule is COC(=O)C1(C)CC(N2CCC[C@H](C3CN(c4ncc(Cl)c(N[C@H](C)c5ccc(Cl)cc5Cl)n4)C3)C2)C1. The van der Waals surface area contributed by atoms with Crippen molar-refractivity contribution in [3.63, 3.8) is 0 Å². The number of methoxy groups -OCH3 is 1. The van der Waals surface area contributed by atoms with Crippen molar-refractivity contribution in [2.75, 3.05) is 43.5 Å². The number of anilines is 2. The number of likely N-dealkylation sites (tertiary alicyclic amines) is 1. The smallest absolute Gasteiger partial charge is 0.311 e. The maximum atomic E-state index is 12.1. The molecular formula is C27H34Cl3N5O2. The Hall–Kier alpha value is -1.80. The van der Waals surface area contributed by atoms with Gasteiger partial charge in [0.15, 0.2) is 5.82 Å². The van der Waals surface area contributed by atoms with Crippen molar-refractivity contribution in [1.82, 2.24) is 14.9 Å². The molecule has 0 radical (unpaired) electrons. The lowest BCUT2D eigenvalue weighted by Crippen LogP contribution is -2.58. The van der Waals surface area contributed by atoms with Crippen molar-refractivity contribution in [3.05, 3.63) is 45.0 Å². The van der Waals surface area contributed by atoms with Gasteiger partial charge in [-0.05, 0) is 75.6 Å². The van der Waals surface area contributed by atoms with Gasteiger partial charge >= 0.3 is 5.97 Å². The first-order chi connectivity index (χ1) is 17.7. The number of esters is 1. The molecule has 1 aliphatic carbocycles. The zero-order valence-corrected chi connectivity index (χ0v) is 23.8. The van der Waals surface area contributed by atoms with Crippen LogP contribution in [0.25, 0.3) is 0 Å². The number of rotatable bonds is 7. The topological polar surface area (TPSA) is 70.6 Å². The van der Waals surface area contributed by atoms with Crippen molar-refractivity contribution in [2.24, 2.45) is 17.3 Å². The molecule has 3 heterocycles. The lowest BCUT2D eigenvalue weighted by molar-refractivity contribution is -0.162. The van der Waals surface area contributed by atoms with Crippen molar-refractivity contribution in [1.29, 1.82) is 0 Å². The van der Waals surface area contributed by atoms with Crippen LogP contribution in [-0.4, -0.2) is 60.2 Å². The predicted molar refractivity (Wildman–Crippen MR) is 149 cm³/mol. The van der Waals surface area contributed by atoms with Gasteiger partial charge in [-0.1, -0.05) is 40.9 Å².